The van der Waals surface area contributed by atoms with Gasteiger partial charge < -0.3 is 19.5 Å². The van der Waals surface area contributed by atoms with Crippen LogP contribution in [0.15, 0.2) is 72.9 Å². The second-order valence-corrected chi connectivity index (χ2v) is 7.71. The van der Waals surface area contributed by atoms with Crippen LogP contribution in [0.2, 0.25) is 0 Å². The highest BCUT2D eigenvalue weighted by atomic mass is 16.6. The molecule has 8 nitrogen and oxygen atoms in total. The van der Waals surface area contributed by atoms with Crippen molar-refractivity contribution in [3.05, 3.63) is 105 Å². The summed E-state index contributed by atoms with van der Waals surface area (Å²) in [6.45, 7) is 0.476. The van der Waals surface area contributed by atoms with Gasteiger partial charge in [0.15, 0.2) is 6.61 Å². The zero-order valence-electron chi connectivity index (χ0n) is 20.2. The number of carbonyl (C=O) groups excluding carboxylic acids is 1. The highest BCUT2D eigenvalue weighted by molar-refractivity contribution is 5.79. The van der Waals surface area contributed by atoms with Crippen molar-refractivity contribution in [2.24, 2.45) is 0 Å². The van der Waals surface area contributed by atoms with E-state index in [9.17, 15) is 14.9 Å². The molecule has 0 aliphatic heterocycles. The second kappa shape index (κ2) is 13.3. The molecule has 3 rings (SSSR count). The Kier molecular flexibility index (Phi) is 9.64. The molecule has 0 aliphatic rings. The number of carbonyl (C=O) groups is 1. The van der Waals surface area contributed by atoms with E-state index in [0.717, 1.165) is 23.7 Å². The second-order valence-electron chi connectivity index (χ2n) is 7.71. The number of hydrogen-bond acceptors (Lipinski definition) is 6. The van der Waals surface area contributed by atoms with E-state index in [-0.39, 0.29) is 12.5 Å². The molecular formula is C28H28N2O6. The van der Waals surface area contributed by atoms with Gasteiger partial charge in [-0.1, -0.05) is 54.6 Å². The molecule has 0 aromatic heterocycles. The third-order valence-corrected chi connectivity index (χ3v) is 5.25. The van der Waals surface area contributed by atoms with Gasteiger partial charge in [0.05, 0.1) is 19.1 Å². The summed E-state index contributed by atoms with van der Waals surface area (Å²) < 4.78 is 16.3. The molecular weight excluding hydrogens is 460 g/mol. The Bertz CT molecular complexity index is 1220. The van der Waals surface area contributed by atoms with Crippen molar-refractivity contribution in [3.8, 4) is 17.2 Å². The summed E-state index contributed by atoms with van der Waals surface area (Å²) in [5.74, 6) is 1.41. The molecule has 0 radical (unpaired) electrons. The number of amides is 1. The summed E-state index contributed by atoms with van der Waals surface area (Å²) in [5.41, 5.74) is 3.29. The van der Waals surface area contributed by atoms with Crippen LogP contribution in [0, 0.1) is 10.1 Å². The molecule has 0 saturated heterocycles. The maximum absolute atomic E-state index is 12.0. The summed E-state index contributed by atoms with van der Waals surface area (Å²) >= 11 is 0. The molecule has 0 atom stereocenters. The van der Waals surface area contributed by atoms with Crippen LogP contribution in [-0.2, 0) is 11.2 Å². The Morgan fingerprint density at radius 1 is 0.944 bits per heavy atom. The van der Waals surface area contributed by atoms with Gasteiger partial charge in [0.25, 0.3) is 5.91 Å². The van der Waals surface area contributed by atoms with Gasteiger partial charge in [0, 0.05) is 24.3 Å². The number of nitrogens with zero attached hydrogens (tertiary/aromatic N) is 1. The van der Waals surface area contributed by atoms with Gasteiger partial charge in [-0.3, -0.25) is 14.9 Å². The number of ether oxygens (including phenoxy) is 3. The van der Waals surface area contributed by atoms with E-state index in [1.165, 1.54) is 20.3 Å². The minimum absolute atomic E-state index is 0.0697. The number of nitrogens with one attached hydrogen (secondary N) is 1. The first-order chi connectivity index (χ1) is 17.5. The normalized spacial score (nSPS) is 10.9. The molecule has 186 valence electrons. The number of hydrogen-bond donors (Lipinski definition) is 1. The van der Waals surface area contributed by atoms with Crippen LogP contribution in [0.1, 0.15) is 22.3 Å². The van der Waals surface area contributed by atoms with Crippen molar-refractivity contribution in [2.45, 2.75) is 6.42 Å². The van der Waals surface area contributed by atoms with Crippen molar-refractivity contribution in [1.82, 2.24) is 5.32 Å². The predicted octanol–water partition coefficient (Wildman–Crippen LogP) is 4.86. The van der Waals surface area contributed by atoms with Crippen molar-refractivity contribution < 1.29 is 23.9 Å². The van der Waals surface area contributed by atoms with E-state index < -0.39 is 4.92 Å². The minimum Gasteiger partial charge on any atom is -0.497 e. The summed E-state index contributed by atoms with van der Waals surface area (Å²) in [7, 11) is 3.03. The molecule has 0 bridgehead atoms. The zero-order chi connectivity index (χ0) is 25.8. The summed E-state index contributed by atoms with van der Waals surface area (Å²) in [5, 5.41) is 13.7. The van der Waals surface area contributed by atoms with Gasteiger partial charge in [0.2, 0.25) is 6.20 Å². The molecule has 3 aromatic carbocycles. The summed E-state index contributed by atoms with van der Waals surface area (Å²) in [6, 6.07) is 20.6. The van der Waals surface area contributed by atoms with Crippen LogP contribution in [0.5, 0.6) is 17.2 Å². The van der Waals surface area contributed by atoms with Gasteiger partial charge in [-0.25, -0.2) is 0 Å². The standard InChI is InChI=1S/C28H28N2O6/c1-34-25-18-23(26(15-17-30(32)33)27(19-25)35-2)11-8-22-9-12-24(13-10-22)36-20-28(31)29-16-14-21-6-4-3-5-7-21/h3-13,15,17-19H,14,16,20H2,1-2H3,(H,29,31)/b11-8+,17-15+. The van der Waals surface area contributed by atoms with Crippen LogP contribution < -0.4 is 19.5 Å². The molecule has 3 aromatic rings. The molecule has 36 heavy (non-hydrogen) atoms. The van der Waals surface area contributed by atoms with Gasteiger partial charge in [0.1, 0.15) is 17.2 Å². The Morgan fingerprint density at radius 2 is 1.69 bits per heavy atom. The van der Waals surface area contributed by atoms with Gasteiger partial charge in [-0.15, -0.1) is 0 Å². The van der Waals surface area contributed by atoms with Gasteiger partial charge in [-0.2, -0.15) is 0 Å². The third-order valence-electron chi connectivity index (χ3n) is 5.25. The highest BCUT2D eigenvalue weighted by Crippen LogP contribution is 2.31. The van der Waals surface area contributed by atoms with Crippen LogP contribution in [0.3, 0.4) is 0 Å². The summed E-state index contributed by atoms with van der Waals surface area (Å²) in [4.78, 5) is 22.3. The maximum Gasteiger partial charge on any atom is 0.257 e. The lowest BCUT2D eigenvalue weighted by Gasteiger charge is -2.11. The fourth-order valence-corrected chi connectivity index (χ4v) is 3.41. The first-order valence-corrected chi connectivity index (χ1v) is 11.3. The molecule has 0 fully saturated rings. The van der Waals surface area contributed by atoms with Crippen molar-refractivity contribution in [1.29, 1.82) is 0 Å². The van der Waals surface area contributed by atoms with Gasteiger partial charge in [-0.05, 0) is 41.3 Å². The van der Waals surface area contributed by atoms with Crippen molar-refractivity contribution >= 4 is 24.1 Å². The smallest absolute Gasteiger partial charge is 0.257 e. The average molecular weight is 489 g/mol. The van der Waals surface area contributed by atoms with E-state index in [1.54, 1.807) is 24.3 Å². The average Bonchev–Trinajstić information content (AvgIpc) is 2.90. The van der Waals surface area contributed by atoms with Gasteiger partial charge >= 0.3 is 0 Å². The SMILES string of the molecule is COc1cc(/C=C/c2ccc(OCC(=O)NCCc3ccccc3)cc2)c(/C=C/[N+](=O)[O-])c(OC)c1. The number of benzene rings is 3. The van der Waals surface area contributed by atoms with Crippen LogP contribution in [0.4, 0.5) is 0 Å². The molecule has 0 unspecified atom stereocenters. The van der Waals surface area contributed by atoms with Crippen LogP contribution in [0.25, 0.3) is 18.2 Å². The Labute approximate surface area is 210 Å². The predicted molar refractivity (Wildman–Crippen MR) is 140 cm³/mol. The first kappa shape index (κ1) is 26.0. The number of nitro groups is 1. The maximum atomic E-state index is 12.0. The molecule has 1 amide bonds. The third kappa shape index (κ3) is 8.02. The minimum atomic E-state index is -0.528. The van der Waals surface area contributed by atoms with Crippen molar-refractivity contribution in [2.75, 3.05) is 27.4 Å². The quantitative estimate of drug-likeness (QED) is 0.222. The van der Waals surface area contributed by atoms with Crippen LogP contribution >= 0.6 is 0 Å². The Hall–Kier alpha value is -4.59. The fourth-order valence-electron chi connectivity index (χ4n) is 3.41. The monoisotopic (exact) mass is 488 g/mol. The van der Waals surface area contributed by atoms with E-state index in [0.29, 0.717) is 34.9 Å². The number of rotatable bonds is 12. The lowest BCUT2D eigenvalue weighted by atomic mass is 10.0. The molecule has 1 N–H and O–H groups in total. The number of methoxy groups -OCH3 is 2. The van der Waals surface area contributed by atoms with Crippen molar-refractivity contribution in [3.63, 3.8) is 0 Å². The summed E-state index contributed by atoms with van der Waals surface area (Å²) in [6.07, 6.45) is 6.69. The zero-order valence-corrected chi connectivity index (χ0v) is 20.2. The fraction of sp³-hybridized carbons (Fsp3) is 0.179. The first-order valence-electron chi connectivity index (χ1n) is 11.3. The molecule has 0 aliphatic carbocycles. The molecule has 0 heterocycles. The largest absolute Gasteiger partial charge is 0.497 e. The highest BCUT2D eigenvalue weighted by Gasteiger charge is 2.10. The van der Waals surface area contributed by atoms with E-state index in [1.807, 2.05) is 54.6 Å². The van der Waals surface area contributed by atoms with Crippen LogP contribution in [-0.4, -0.2) is 38.2 Å². The topological polar surface area (TPSA) is 99.9 Å². The Morgan fingerprint density at radius 3 is 2.36 bits per heavy atom. The van der Waals surface area contributed by atoms with E-state index in [2.05, 4.69) is 5.32 Å². The molecule has 8 heteroatoms. The Balaban J connectivity index is 1.60. The van der Waals surface area contributed by atoms with E-state index >= 15 is 0 Å². The lowest BCUT2D eigenvalue weighted by molar-refractivity contribution is -0.400. The lowest BCUT2D eigenvalue weighted by Crippen LogP contribution is -2.30. The van der Waals surface area contributed by atoms with E-state index in [4.69, 9.17) is 14.2 Å². The molecule has 0 spiro atoms. The molecule has 0 saturated carbocycles.